The SMILES string of the molecule is CO[C@@]12CC[C@H](OCCO)C[C@@H]1N(Cc1oc3ccccc3c1C)CC2. The molecule has 2 aliphatic rings. The summed E-state index contributed by atoms with van der Waals surface area (Å²) in [5, 5.41) is 10.3. The van der Waals surface area contributed by atoms with Crippen LogP contribution in [0, 0.1) is 6.92 Å². The Morgan fingerprint density at radius 1 is 1.31 bits per heavy atom. The third kappa shape index (κ3) is 3.07. The third-order valence-electron chi connectivity index (χ3n) is 6.39. The van der Waals surface area contributed by atoms with Gasteiger partial charge in [-0.25, -0.2) is 0 Å². The minimum absolute atomic E-state index is 0.0704. The molecule has 1 aromatic carbocycles. The van der Waals surface area contributed by atoms with E-state index in [1.54, 1.807) is 0 Å². The van der Waals surface area contributed by atoms with E-state index in [0.717, 1.165) is 50.1 Å². The topological polar surface area (TPSA) is 55.1 Å². The van der Waals surface area contributed by atoms with Crippen molar-refractivity contribution in [1.82, 2.24) is 4.90 Å². The first-order valence-electron chi connectivity index (χ1n) is 9.65. The lowest BCUT2D eigenvalue weighted by Crippen LogP contribution is -2.51. The maximum atomic E-state index is 9.06. The fourth-order valence-corrected chi connectivity index (χ4v) is 4.88. The molecule has 142 valence electrons. The van der Waals surface area contributed by atoms with Crippen molar-refractivity contribution < 1.29 is 19.0 Å². The fraction of sp³-hybridized carbons (Fsp3) is 0.619. The number of hydrogen-bond acceptors (Lipinski definition) is 5. The summed E-state index contributed by atoms with van der Waals surface area (Å²) in [6, 6.07) is 8.57. The highest BCUT2D eigenvalue weighted by molar-refractivity contribution is 5.81. The fourth-order valence-electron chi connectivity index (χ4n) is 4.88. The van der Waals surface area contributed by atoms with Gasteiger partial charge in [-0.2, -0.15) is 0 Å². The van der Waals surface area contributed by atoms with Gasteiger partial charge in [0.1, 0.15) is 11.3 Å². The number of aliphatic hydroxyl groups is 1. The third-order valence-corrected chi connectivity index (χ3v) is 6.39. The van der Waals surface area contributed by atoms with Gasteiger partial charge in [-0.15, -0.1) is 0 Å². The van der Waals surface area contributed by atoms with Gasteiger partial charge in [-0.1, -0.05) is 18.2 Å². The van der Waals surface area contributed by atoms with E-state index >= 15 is 0 Å². The summed E-state index contributed by atoms with van der Waals surface area (Å²) in [4.78, 5) is 2.50. The highest BCUT2D eigenvalue weighted by atomic mass is 16.5. The van der Waals surface area contributed by atoms with Gasteiger partial charge in [-0.05, 0) is 44.2 Å². The molecule has 1 aliphatic heterocycles. The number of hydrogen-bond donors (Lipinski definition) is 1. The number of para-hydroxylation sites is 1. The maximum Gasteiger partial charge on any atom is 0.134 e. The second-order valence-electron chi connectivity index (χ2n) is 7.64. The van der Waals surface area contributed by atoms with E-state index in [2.05, 4.69) is 24.0 Å². The normalized spacial score (nSPS) is 29.3. The number of ether oxygens (including phenoxy) is 2. The molecule has 0 unspecified atom stereocenters. The lowest BCUT2D eigenvalue weighted by Gasteiger charge is -2.43. The first-order chi connectivity index (χ1) is 12.7. The van der Waals surface area contributed by atoms with Gasteiger partial charge in [0, 0.05) is 25.1 Å². The summed E-state index contributed by atoms with van der Waals surface area (Å²) in [5.74, 6) is 1.05. The molecule has 1 saturated heterocycles. The van der Waals surface area contributed by atoms with Gasteiger partial charge in [0.25, 0.3) is 0 Å². The van der Waals surface area contributed by atoms with Crippen LogP contribution in [-0.2, 0) is 16.0 Å². The van der Waals surface area contributed by atoms with Crippen LogP contribution in [0.5, 0.6) is 0 Å². The van der Waals surface area contributed by atoms with E-state index in [4.69, 9.17) is 19.0 Å². The van der Waals surface area contributed by atoms with Crippen LogP contribution >= 0.6 is 0 Å². The molecule has 5 nitrogen and oxygen atoms in total. The molecular formula is C21H29NO4. The molecule has 3 atom stereocenters. The van der Waals surface area contributed by atoms with Crippen LogP contribution in [0.25, 0.3) is 11.0 Å². The molecule has 2 aromatic rings. The second-order valence-corrected chi connectivity index (χ2v) is 7.64. The van der Waals surface area contributed by atoms with Crippen molar-refractivity contribution >= 4 is 11.0 Å². The van der Waals surface area contributed by atoms with Crippen molar-refractivity contribution in [1.29, 1.82) is 0 Å². The minimum atomic E-state index is -0.0704. The largest absolute Gasteiger partial charge is 0.459 e. The standard InChI is InChI=1S/C21H29NO4/c1-15-17-5-3-4-6-18(17)26-19(15)14-22-10-9-21(24-2)8-7-16(13-20(21)22)25-12-11-23/h3-6,16,20,23H,7-14H2,1-2H3/t16-,20-,21+/m0/s1. The number of aliphatic hydroxyl groups excluding tert-OH is 1. The number of furan rings is 1. The van der Waals surface area contributed by atoms with Crippen molar-refractivity contribution in [2.24, 2.45) is 0 Å². The Bertz CT molecular complexity index is 758. The van der Waals surface area contributed by atoms with Crippen molar-refractivity contribution in [3.05, 3.63) is 35.6 Å². The van der Waals surface area contributed by atoms with Crippen LogP contribution in [0.3, 0.4) is 0 Å². The molecule has 1 saturated carbocycles. The zero-order chi connectivity index (χ0) is 18.1. The number of nitrogens with zero attached hydrogens (tertiary/aromatic N) is 1. The molecule has 1 aromatic heterocycles. The summed E-state index contributed by atoms with van der Waals surface area (Å²) in [5.41, 5.74) is 2.13. The van der Waals surface area contributed by atoms with Crippen LogP contribution in [0.15, 0.2) is 28.7 Å². The molecule has 1 aliphatic carbocycles. The van der Waals surface area contributed by atoms with E-state index in [9.17, 15) is 0 Å². The zero-order valence-electron chi connectivity index (χ0n) is 15.7. The quantitative estimate of drug-likeness (QED) is 0.858. The van der Waals surface area contributed by atoms with Gasteiger partial charge in [0.05, 0.1) is 31.5 Å². The summed E-state index contributed by atoms with van der Waals surface area (Å²) in [6.07, 6.45) is 4.22. The molecule has 0 spiro atoms. The monoisotopic (exact) mass is 359 g/mol. The van der Waals surface area contributed by atoms with Crippen molar-refractivity contribution in [2.75, 3.05) is 26.9 Å². The van der Waals surface area contributed by atoms with Crippen LogP contribution in [0.2, 0.25) is 0 Å². The summed E-state index contributed by atoms with van der Waals surface area (Å²) in [7, 11) is 1.85. The Labute approximate surface area is 154 Å². The van der Waals surface area contributed by atoms with Crippen molar-refractivity contribution in [3.8, 4) is 0 Å². The maximum absolute atomic E-state index is 9.06. The molecule has 0 amide bonds. The predicted octanol–water partition coefficient (Wildman–Crippen LogP) is 3.26. The number of likely N-dealkylation sites (tertiary alicyclic amines) is 1. The molecule has 4 rings (SSSR count). The lowest BCUT2D eigenvalue weighted by atomic mass is 9.79. The molecule has 26 heavy (non-hydrogen) atoms. The van der Waals surface area contributed by atoms with Crippen molar-refractivity contribution in [2.45, 2.75) is 56.9 Å². The summed E-state index contributed by atoms with van der Waals surface area (Å²) in [6.45, 7) is 4.47. The van der Waals surface area contributed by atoms with Crippen LogP contribution in [-0.4, -0.2) is 54.6 Å². The molecule has 2 heterocycles. The Balaban J connectivity index is 1.54. The number of rotatable bonds is 6. The van der Waals surface area contributed by atoms with Gasteiger partial charge < -0.3 is 19.0 Å². The van der Waals surface area contributed by atoms with E-state index in [1.165, 1.54) is 10.9 Å². The molecule has 1 N–H and O–H groups in total. The minimum Gasteiger partial charge on any atom is -0.459 e. The number of fused-ring (bicyclic) bond motifs is 2. The lowest BCUT2D eigenvalue weighted by molar-refractivity contribution is -0.105. The summed E-state index contributed by atoms with van der Waals surface area (Å²) < 4.78 is 18.0. The van der Waals surface area contributed by atoms with Gasteiger partial charge in [-0.3, -0.25) is 4.90 Å². The second kappa shape index (κ2) is 7.31. The molecular weight excluding hydrogens is 330 g/mol. The molecule has 0 radical (unpaired) electrons. The summed E-state index contributed by atoms with van der Waals surface area (Å²) >= 11 is 0. The Hall–Kier alpha value is -1.40. The molecule has 0 bridgehead atoms. The van der Waals surface area contributed by atoms with Crippen LogP contribution < -0.4 is 0 Å². The highest BCUT2D eigenvalue weighted by Gasteiger charge is 2.51. The van der Waals surface area contributed by atoms with Gasteiger partial charge >= 0.3 is 0 Å². The smallest absolute Gasteiger partial charge is 0.134 e. The van der Waals surface area contributed by atoms with Crippen LogP contribution in [0.4, 0.5) is 0 Å². The van der Waals surface area contributed by atoms with Crippen molar-refractivity contribution in [3.63, 3.8) is 0 Å². The van der Waals surface area contributed by atoms with E-state index in [0.29, 0.717) is 12.6 Å². The number of aryl methyl sites for hydroxylation is 1. The number of methoxy groups -OCH3 is 1. The average Bonchev–Trinajstić information content (AvgIpc) is 3.19. The average molecular weight is 359 g/mol. The first-order valence-corrected chi connectivity index (χ1v) is 9.65. The first kappa shape index (κ1) is 18.0. The Morgan fingerprint density at radius 2 is 2.15 bits per heavy atom. The van der Waals surface area contributed by atoms with E-state index in [-0.39, 0.29) is 18.3 Å². The Kier molecular flexibility index (Phi) is 5.06. The van der Waals surface area contributed by atoms with Gasteiger partial charge in [0.15, 0.2) is 0 Å². The highest BCUT2D eigenvalue weighted by Crippen LogP contribution is 2.44. The number of benzene rings is 1. The predicted molar refractivity (Wildman–Crippen MR) is 100 cm³/mol. The molecule has 5 heteroatoms. The van der Waals surface area contributed by atoms with Gasteiger partial charge in [0.2, 0.25) is 0 Å². The Morgan fingerprint density at radius 3 is 2.92 bits per heavy atom. The van der Waals surface area contributed by atoms with E-state index in [1.807, 2.05) is 19.2 Å². The zero-order valence-corrected chi connectivity index (χ0v) is 15.7. The van der Waals surface area contributed by atoms with Crippen LogP contribution in [0.1, 0.15) is 37.0 Å². The van der Waals surface area contributed by atoms with E-state index < -0.39 is 0 Å². The molecule has 2 fully saturated rings.